The van der Waals surface area contributed by atoms with Crippen LogP contribution in [0.2, 0.25) is 0 Å². The quantitative estimate of drug-likeness (QED) is 0.677. The third kappa shape index (κ3) is 1.98. The first kappa shape index (κ1) is 9.99. The fourth-order valence-electron chi connectivity index (χ4n) is 0.964. The Morgan fingerprint density at radius 1 is 1.79 bits per heavy atom. The number of nitrogen functional groups attached to an aromatic ring is 1. The van der Waals surface area contributed by atoms with Crippen LogP contribution in [0.25, 0.3) is 0 Å². The number of nitriles is 1. The number of ether oxygens (including phenoxy) is 1. The van der Waals surface area contributed by atoms with Gasteiger partial charge in [-0.25, -0.2) is 0 Å². The molecule has 0 radical (unpaired) electrons. The number of hydrogen-bond acceptors (Lipinski definition) is 5. The van der Waals surface area contributed by atoms with Crippen molar-refractivity contribution in [1.29, 1.82) is 5.26 Å². The Balaban J connectivity index is 2.99. The second-order valence-electron chi connectivity index (χ2n) is 2.58. The lowest BCUT2D eigenvalue weighted by atomic mass is 10.1. The monoisotopic (exact) mass is 191 g/mol. The molecule has 2 N–H and O–H groups in total. The van der Waals surface area contributed by atoms with Crippen LogP contribution < -0.4 is 5.73 Å². The van der Waals surface area contributed by atoms with Gasteiger partial charge < -0.3 is 10.5 Å². The van der Waals surface area contributed by atoms with Gasteiger partial charge in [-0.1, -0.05) is 0 Å². The maximum Gasteiger partial charge on any atom is 0.311 e. The smallest absolute Gasteiger partial charge is 0.311 e. The van der Waals surface area contributed by atoms with Crippen LogP contribution in [0.5, 0.6) is 0 Å². The molecule has 0 aliphatic heterocycles. The summed E-state index contributed by atoms with van der Waals surface area (Å²) >= 11 is 0. The molecule has 0 bridgehead atoms. The molecule has 5 heteroatoms. The van der Waals surface area contributed by atoms with E-state index in [9.17, 15) is 4.79 Å². The molecule has 0 saturated carbocycles. The summed E-state index contributed by atoms with van der Waals surface area (Å²) in [4.78, 5) is 14.8. The second kappa shape index (κ2) is 4.23. The Hall–Kier alpha value is -2.09. The van der Waals surface area contributed by atoms with Crippen molar-refractivity contribution in [2.75, 3.05) is 12.8 Å². The van der Waals surface area contributed by atoms with Gasteiger partial charge in [-0.15, -0.1) is 0 Å². The van der Waals surface area contributed by atoms with Gasteiger partial charge in [-0.2, -0.15) is 5.26 Å². The first-order valence-electron chi connectivity index (χ1n) is 3.89. The summed E-state index contributed by atoms with van der Waals surface area (Å²) in [6, 6.07) is 3.41. The number of carbonyl (C=O) groups is 1. The summed E-state index contributed by atoms with van der Waals surface area (Å²) in [5.74, 6) is -0.431. The third-order valence-electron chi connectivity index (χ3n) is 1.73. The maximum atomic E-state index is 10.9. The molecule has 0 amide bonds. The topological polar surface area (TPSA) is 89.0 Å². The number of nitrogens with two attached hydrogens (primary N) is 1. The van der Waals surface area contributed by atoms with Gasteiger partial charge in [0.1, 0.15) is 6.07 Å². The second-order valence-corrected chi connectivity index (χ2v) is 2.58. The van der Waals surface area contributed by atoms with Crippen molar-refractivity contribution in [3.63, 3.8) is 0 Å². The number of esters is 1. The number of anilines is 1. The summed E-state index contributed by atoms with van der Waals surface area (Å²) in [5.41, 5.74) is 6.53. The van der Waals surface area contributed by atoms with Crippen molar-refractivity contribution in [2.24, 2.45) is 0 Å². The molecule has 5 nitrogen and oxygen atoms in total. The molecule has 0 unspecified atom stereocenters. The fourth-order valence-corrected chi connectivity index (χ4v) is 0.964. The number of aromatic nitrogens is 1. The summed E-state index contributed by atoms with van der Waals surface area (Å²) in [5, 5.41) is 8.66. The molecule has 0 atom stereocenters. The molecule has 0 aromatic carbocycles. The highest BCUT2D eigenvalue weighted by molar-refractivity contribution is 5.74. The SMILES string of the molecule is COC(=O)Cc1nccc(C#N)c1N. The number of pyridine rings is 1. The Kier molecular flexibility index (Phi) is 3.02. The number of methoxy groups -OCH3 is 1. The van der Waals surface area contributed by atoms with Crippen LogP contribution in [0.3, 0.4) is 0 Å². The lowest BCUT2D eigenvalue weighted by Gasteiger charge is -2.03. The standard InChI is InChI=1S/C9H9N3O2/c1-14-8(13)4-7-9(11)6(5-10)2-3-12-7/h2-3H,4,11H2,1H3. The zero-order valence-electron chi connectivity index (χ0n) is 7.65. The van der Waals surface area contributed by atoms with E-state index in [4.69, 9.17) is 11.0 Å². The molecule has 1 rings (SSSR count). The van der Waals surface area contributed by atoms with Crippen LogP contribution in [-0.4, -0.2) is 18.1 Å². The first-order chi connectivity index (χ1) is 6.69. The van der Waals surface area contributed by atoms with Gasteiger partial charge in [0.2, 0.25) is 0 Å². The summed E-state index contributed by atoms with van der Waals surface area (Å²) in [7, 11) is 1.28. The van der Waals surface area contributed by atoms with Crippen molar-refractivity contribution in [1.82, 2.24) is 4.98 Å². The average molecular weight is 191 g/mol. The highest BCUT2D eigenvalue weighted by atomic mass is 16.5. The summed E-state index contributed by atoms with van der Waals surface area (Å²) < 4.78 is 4.47. The molecule has 1 heterocycles. The van der Waals surface area contributed by atoms with Crippen LogP contribution in [-0.2, 0) is 16.0 Å². The van der Waals surface area contributed by atoms with E-state index in [-0.39, 0.29) is 12.1 Å². The predicted molar refractivity (Wildman–Crippen MR) is 49.1 cm³/mol. The number of nitrogens with zero attached hydrogens (tertiary/aromatic N) is 2. The molecule has 0 aliphatic carbocycles. The van der Waals surface area contributed by atoms with Crippen molar-refractivity contribution in [3.8, 4) is 6.07 Å². The molecule has 0 aliphatic rings. The van der Waals surface area contributed by atoms with Crippen molar-refractivity contribution < 1.29 is 9.53 Å². The highest BCUT2D eigenvalue weighted by Gasteiger charge is 2.10. The molecule has 1 aromatic rings. The van der Waals surface area contributed by atoms with Gasteiger partial charge in [0.25, 0.3) is 0 Å². The number of rotatable bonds is 2. The normalized spacial score (nSPS) is 9.14. The van der Waals surface area contributed by atoms with E-state index in [1.54, 1.807) is 0 Å². The summed E-state index contributed by atoms with van der Waals surface area (Å²) in [6.07, 6.45) is 1.42. The molecule has 0 saturated heterocycles. The van der Waals surface area contributed by atoms with Crippen molar-refractivity contribution in [2.45, 2.75) is 6.42 Å². The first-order valence-corrected chi connectivity index (χ1v) is 3.89. The zero-order valence-corrected chi connectivity index (χ0v) is 7.65. The van der Waals surface area contributed by atoms with E-state index in [2.05, 4.69) is 9.72 Å². The largest absolute Gasteiger partial charge is 0.469 e. The van der Waals surface area contributed by atoms with Gasteiger partial charge in [0.05, 0.1) is 30.5 Å². The van der Waals surface area contributed by atoms with Crippen LogP contribution in [0.1, 0.15) is 11.3 Å². The lowest BCUT2D eigenvalue weighted by Crippen LogP contribution is -2.09. The molecular formula is C9H9N3O2. The average Bonchev–Trinajstić information content (AvgIpc) is 2.21. The Morgan fingerprint density at radius 2 is 2.50 bits per heavy atom. The van der Waals surface area contributed by atoms with E-state index in [0.717, 1.165) is 0 Å². The molecule has 1 aromatic heterocycles. The fraction of sp³-hybridized carbons (Fsp3) is 0.222. The van der Waals surface area contributed by atoms with E-state index >= 15 is 0 Å². The third-order valence-corrected chi connectivity index (χ3v) is 1.73. The maximum absolute atomic E-state index is 10.9. The van der Waals surface area contributed by atoms with Crippen molar-refractivity contribution in [3.05, 3.63) is 23.5 Å². The number of hydrogen-bond donors (Lipinski definition) is 1. The minimum atomic E-state index is -0.431. The van der Waals surface area contributed by atoms with E-state index in [0.29, 0.717) is 11.3 Å². The highest BCUT2D eigenvalue weighted by Crippen LogP contribution is 2.14. The van der Waals surface area contributed by atoms with Gasteiger partial charge in [-0.05, 0) is 6.07 Å². The Morgan fingerprint density at radius 3 is 3.07 bits per heavy atom. The Labute approximate surface area is 81.1 Å². The van der Waals surface area contributed by atoms with Crippen LogP contribution in [0.4, 0.5) is 5.69 Å². The van der Waals surface area contributed by atoms with E-state index in [1.807, 2.05) is 6.07 Å². The van der Waals surface area contributed by atoms with Crippen LogP contribution in [0.15, 0.2) is 12.3 Å². The molecule has 0 fully saturated rings. The minimum Gasteiger partial charge on any atom is -0.469 e. The zero-order chi connectivity index (χ0) is 10.6. The predicted octanol–water partition coefficient (Wildman–Crippen LogP) is 0.251. The van der Waals surface area contributed by atoms with E-state index in [1.165, 1.54) is 19.4 Å². The van der Waals surface area contributed by atoms with Crippen LogP contribution >= 0.6 is 0 Å². The van der Waals surface area contributed by atoms with Gasteiger partial charge in [0.15, 0.2) is 0 Å². The van der Waals surface area contributed by atoms with Gasteiger partial charge >= 0.3 is 5.97 Å². The van der Waals surface area contributed by atoms with Crippen molar-refractivity contribution >= 4 is 11.7 Å². The number of carbonyl (C=O) groups excluding carboxylic acids is 1. The lowest BCUT2D eigenvalue weighted by molar-refractivity contribution is -0.139. The minimum absolute atomic E-state index is 0.0160. The van der Waals surface area contributed by atoms with Crippen LogP contribution in [0, 0.1) is 11.3 Å². The summed E-state index contributed by atoms with van der Waals surface area (Å²) in [6.45, 7) is 0. The van der Waals surface area contributed by atoms with E-state index < -0.39 is 5.97 Å². The molecule has 0 spiro atoms. The van der Waals surface area contributed by atoms with Gasteiger partial charge in [-0.3, -0.25) is 9.78 Å². The van der Waals surface area contributed by atoms with Gasteiger partial charge in [0, 0.05) is 6.20 Å². The molecule has 14 heavy (non-hydrogen) atoms. The molecular weight excluding hydrogens is 182 g/mol. The Bertz CT molecular complexity index is 396. The molecule has 72 valence electrons.